The van der Waals surface area contributed by atoms with Gasteiger partial charge >= 0.3 is 0 Å². The SMILES string of the molecule is CCCNC(=O)CNS(=O)(=O)c1cnccc1NCCC. The molecule has 7 nitrogen and oxygen atoms in total. The van der Waals surface area contributed by atoms with Gasteiger partial charge in [-0.1, -0.05) is 13.8 Å². The molecule has 0 aromatic carbocycles. The van der Waals surface area contributed by atoms with Crippen molar-refractivity contribution in [3.63, 3.8) is 0 Å². The molecule has 1 heterocycles. The molecule has 1 rings (SSSR count). The van der Waals surface area contributed by atoms with Gasteiger partial charge in [0, 0.05) is 25.5 Å². The van der Waals surface area contributed by atoms with E-state index >= 15 is 0 Å². The Morgan fingerprint density at radius 1 is 1.24 bits per heavy atom. The highest BCUT2D eigenvalue weighted by Crippen LogP contribution is 2.19. The van der Waals surface area contributed by atoms with Crippen LogP contribution in [0, 0.1) is 0 Å². The maximum Gasteiger partial charge on any atom is 0.244 e. The summed E-state index contributed by atoms with van der Waals surface area (Å²) in [6.45, 7) is 4.80. The number of hydrogen-bond donors (Lipinski definition) is 3. The minimum absolute atomic E-state index is 0.0433. The van der Waals surface area contributed by atoms with Crippen molar-refractivity contribution in [2.45, 2.75) is 31.6 Å². The van der Waals surface area contributed by atoms with Crippen LogP contribution < -0.4 is 15.4 Å². The number of carbonyl (C=O) groups excluding carboxylic acids is 1. The van der Waals surface area contributed by atoms with E-state index in [2.05, 4.69) is 20.3 Å². The quantitative estimate of drug-likeness (QED) is 0.623. The van der Waals surface area contributed by atoms with E-state index in [1.165, 1.54) is 12.4 Å². The third kappa shape index (κ3) is 5.68. The monoisotopic (exact) mass is 314 g/mol. The topological polar surface area (TPSA) is 100 Å². The molecule has 0 spiro atoms. The summed E-state index contributed by atoms with van der Waals surface area (Å²) in [7, 11) is -3.78. The van der Waals surface area contributed by atoms with Crippen molar-refractivity contribution >= 4 is 21.6 Å². The van der Waals surface area contributed by atoms with Crippen LogP contribution >= 0.6 is 0 Å². The first kappa shape index (κ1) is 17.4. The van der Waals surface area contributed by atoms with Crippen LogP contribution in [-0.4, -0.2) is 38.9 Å². The molecule has 0 fully saturated rings. The molecular weight excluding hydrogens is 292 g/mol. The van der Waals surface area contributed by atoms with Crippen LogP contribution in [0.25, 0.3) is 0 Å². The lowest BCUT2D eigenvalue weighted by atomic mass is 10.4. The number of nitrogens with zero attached hydrogens (tertiary/aromatic N) is 1. The number of nitrogens with one attached hydrogen (secondary N) is 3. The summed E-state index contributed by atoms with van der Waals surface area (Å²) in [6.07, 6.45) is 4.45. The number of rotatable bonds is 9. The lowest BCUT2D eigenvalue weighted by molar-refractivity contribution is -0.119. The zero-order chi connectivity index (χ0) is 15.7. The van der Waals surface area contributed by atoms with Crippen LogP contribution in [0.2, 0.25) is 0 Å². The van der Waals surface area contributed by atoms with Gasteiger partial charge in [-0.2, -0.15) is 0 Å². The largest absolute Gasteiger partial charge is 0.384 e. The number of carbonyl (C=O) groups is 1. The highest BCUT2D eigenvalue weighted by atomic mass is 32.2. The van der Waals surface area contributed by atoms with E-state index in [1.807, 2.05) is 13.8 Å². The van der Waals surface area contributed by atoms with E-state index in [0.29, 0.717) is 18.8 Å². The van der Waals surface area contributed by atoms with Gasteiger partial charge in [0.2, 0.25) is 15.9 Å². The Kier molecular flexibility index (Phi) is 7.10. The highest BCUT2D eigenvalue weighted by Gasteiger charge is 2.19. The molecule has 8 heteroatoms. The molecule has 0 saturated carbocycles. The summed E-state index contributed by atoms with van der Waals surface area (Å²) in [5, 5.41) is 5.64. The minimum Gasteiger partial charge on any atom is -0.384 e. The molecule has 0 saturated heterocycles. The second-order valence-corrected chi connectivity index (χ2v) is 6.21. The molecular formula is C13H22N4O3S. The van der Waals surface area contributed by atoms with Gasteiger partial charge in [-0.3, -0.25) is 9.78 Å². The van der Waals surface area contributed by atoms with Crippen molar-refractivity contribution < 1.29 is 13.2 Å². The molecule has 1 aromatic heterocycles. The van der Waals surface area contributed by atoms with Crippen LogP contribution in [0.1, 0.15) is 26.7 Å². The molecule has 0 bridgehead atoms. The summed E-state index contributed by atoms with van der Waals surface area (Å²) >= 11 is 0. The van der Waals surface area contributed by atoms with Gasteiger partial charge in [-0.25, -0.2) is 13.1 Å². The molecule has 0 aliphatic rings. The standard InChI is InChI=1S/C13H22N4O3S/c1-3-6-15-11-5-8-14-9-12(11)21(19,20)17-10-13(18)16-7-4-2/h5,8-9,17H,3-4,6-7,10H2,1-2H3,(H,14,15)(H,16,18). The molecule has 3 N–H and O–H groups in total. The average Bonchev–Trinajstić information content (AvgIpc) is 2.49. The van der Waals surface area contributed by atoms with Gasteiger partial charge in [0.15, 0.2) is 0 Å². The fraction of sp³-hybridized carbons (Fsp3) is 0.538. The lowest BCUT2D eigenvalue weighted by Crippen LogP contribution is -2.37. The predicted molar refractivity (Wildman–Crippen MR) is 81.5 cm³/mol. The van der Waals surface area contributed by atoms with Crippen molar-refractivity contribution in [3.8, 4) is 0 Å². The molecule has 0 aliphatic carbocycles. The zero-order valence-electron chi connectivity index (χ0n) is 12.3. The van der Waals surface area contributed by atoms with Crippen LogP contribution in [0.15, 0.2) is 23.4 Å². The number of sulfonamides is 1. The Balaban J connectivity index is 2.76. The fourth-order valence-electron chi connectivity index (χ4n) is 1.57. The van der Waals surface area contributed by atoms with Gasteiger partial charge in [0.25, 0.3) is 0 Å². The summed E-state index contributed by atoms with van der Waals surface area (Å²) in [6, 6.07) is 1.60. The molecule has 1 amide bonds. The maximum absolute atomic E-state index is 12.2. The molecule has 118 valence electrons. The van der Waals surface area contributed by atoms with Gasteiger partial charge in [0.1, 0.15) is 4.90 Å². The third-order valence-corrected chi connectivity index (χ3v) is 4.06. The van der Waals surface area contributed by atoms with Crippen LogP contribution in [-0.2, 0) is 14.8 Å². The molecule has 0 aliphatic heterocycles. The first-order chi connectivity index (χ1) is 10.0. The number of aromatic nitrogens is 1. The first-order valence-electron chi connectivity index (χ1n) is 6.95. The Labute approximate surface area is 125 Å². The summed E-state index contributed by atoms with van der Waals surface area (Å²) in [4.78, 5) is 15.3. The summed E-state index contributed by atoms with van der Waals surface area (Å²) in [5.74, 6) is -0.354. The number of anilines is 1. The van der Waals surface area contributed by atoms with Crippen molar-refractivity contribution in [1.29, 1.82) is 0 Å². The van der Waals surface area contributed by atoms with Gasteiger partial charge in [0.05, 0.1) is 12.2 Å². The number of hydrogen-bond acceptors (Lipinski definition) is 5. The molecule has 0 atom stereocenters. The smallest absolute Gasteiger partial charge is 0.244 e. The first-order valence-corrected chi connectivity index (χ1v) is 8.43. The summed E-state index contributed by atoms with van der Waals surface area (Å²) in [5.41, 5.74) is 0.480. The molecule has 0 unspecified atom stereocenters. The Morgan fingerprint density at radius 2 is 1.95 bits per heavy atom. The zero-order valence-corrected chi connectivity index (χ0v) is 13.2. The Bertz CT molecular complexity index is 560. The molecule has 0 radical (unpaired) electrons. The van der Waals surface area contributed by atoms with Crippen LogP contribution in [0.5, 0.6) is 0 Å². The van der Waals surface area contributed by atoms with E-state index in [0.717, 1.165) is 12.8 Å². The predicted octanol–water partition coefficient (Wildman–Crippen LogP) is 0.708. The van der Waals surface area contributed by atoms with Gasteiger partial charge < -0.3 is 10.6 Å². The maximum atomic E-state index is 12.2. The highest BCUT2D eigenvalue weighted by molar-refractivity contribution is 7.89. The summed E-state index contributed by atoms with van der Waals surface area (Å²) < 4.78 is 26.7. The van der Waals surface area contributed by atoms with Crippen molar-refractivity contribution in [2.75, 3.05) is 25.0 Å². The van der Waals surface area contributed by atoms with Gasteiger partial charge in [-0.15, -0.1) is 0 Å². The fourth-order valence-corrected chi connectivity index (χ4v) is 2.67. The van der Waals surface area contributed by atoms with Crippen LogP contribution in [0.3, 0.4) is 0 Å². The van der Waals surface area contributed by atoms with Crippen molar-refractivity contribution in [2.24, 2.45) is 0 Å². The van der Waals surface area contributed by atoms with Crippen molar-refractivity contribution in [1.82, 2.24) is 15.0 Å². The Morgan fingerprint density at radius 3 is 2.62 bits per heavy atom. The van der Waals surface area contributed by atoms with Gasteiger partial charge in [-0.05, 0) is 18.9 Å². The third-order valence-electron chi connectivity index (χ3n) is 2.63. The minimum atomic E-state index is -3.78. The molecule has 1 aromatic rings. The number of pyridine rings is 1. The van der Waals surface area contributed by atoms with E-state index in [4.69, 9.17) is 0 Å². The molecule has 21 heavy (non-hydrogen) atoms. The second kappa shape index (κ2) is 8.58. The van der Waals surface area contributed by atoms with E-state index in [9.17, 15) is 13.2 Å². The van der Waals surface area contributed by atoms with E-state index < -0.39 is 10.0 Å². The van der Waals surface area contributed by atoms with Crippen molar-refractivity contribution in [3.05, 3.63) is 18.5 Å². The normalized spacial score (nSPS) is 11.1. The second-order valence-electron chi connectivity index (χ2n) is 4.47. The van der Waals surface area contributed by atoms with E-state index in [-0.39, 0.29) is 17.3 Å². The number of amides is 1. The van der Waals surface area contributed by atoms with E-state index in [1.54, 1.807) is 6.07 Å². The Hall–Kier alpha value is -1.67. The average molecular weight is 314 g/mol. The lowest BCUT2D eigenvalue weighted by Gasteiger charge is -2.12. The van der Waals surface area contributed by atoms with Crippen LogP contribution in [0.4, 0.5) is 5.69 Å².